The molecule has 0 unspecified atom stereocenters. The fraction of sp³-hybridized carbons (Fsp3) is 0.467. The van der Waals surface area contributed by atoms with E-state index in [9.17, 15) is 18.4 Å². The molecule has 1 saturated heterocycles. The van der Waals surface area contributed by atoms with Crippen molar-refractivity contribution in [3.63, 3.8) is 0 Å². The average Bonchev–Trinajstić information content (AvgIpc) is 2.90. The summed E-state index contributed by atoms with van der Waals surface area (Å²) in [6.45, 7) is 3.82. The van der Waals surface area contributed by atoms with Gasteiger partial charge in [-0.2, -0.15) is 0 Å². The van der Waals surface area contributed by atoms with Gasteiger partial charge in [0.05, 0.1) is 24.3 Å². The molecule has 8 heteroatoms. The Bertz CT molecular complexity index is 537. The highest BCUT2D eigenvalue weighted by molar-refractivity contribution is 6.02. The Hall–Kier alpha value is -2.06. The topological polar surface area (TPSA) is 93.1 Å². The van der Waals surface area contributed by atoms with Crippen LogP contribution in [0.5, 0.6) is 0 Å². The number of carboxylic acids is 2. The average molecular weight is 332 g/mol. The SMILES string of the molecule is CCc1cc(C(=O)O)c(C(=O)O)cc1CC.FC1(F)OCCO1. The molecule has 1 heterocycles. The Morgan fingerprint density at radius 3 is 1.52 bits per heavy atom. The summed E-state index contributed by atoms with van der Waals surface area (Å²) in [4.78, 5) is 21.9. The Kier molecular flexibility index (Phi) is 6.59. The van der Waals surface area contributed by atoms with Gasteiger partial charge in [0.2, 0.25) is 0 Å². The summed E-state index contributed by atoms with van der Waals surface area (Å²) >= 11 is 0. The number of hydrogen-bond acceptors (Lipinski definition) is 4. The first-order valence-corrected chi connectivity index (χ1v) is 7.00. The quantitative estimate of drug-likeness (QED) is 0.881. The van der Waals surface area contributed by atoms with Crippen LogP contribution in [0, 0.1) is 0 Å². The first-order valence-electron chi connectivity index (χ1n) is 7.00. The van der Waals surface area contributed by atoms with Crippen LogP contribution in [0.4, 0.5) is 8.78 Å². The lowest BCUT2D eigenvalue weighted by Crippen LogP contribution is -2.14. The number of hydrogen-bond donors (Lipinski definition) is 2. The van der Waals surface area contributed by atoms with Crippen molar-refractivity contribution in [2.24, 2.45) is 0 Å². The molecular formula is C15H18F2O6. The van der Waals surface area contributed by atoms with Crippen LogP contribution in [-0.4, -0.2) is 41.7 Å². The van der Waals surface area contributed by atoms with Crippen LogP contribution in [0.15, 0.2) is 12.1 Å². The van der Waals surface area contributed by atoms with Crippen molar-refractivity contribution in [1.82, 2.24) is 0 Å². The standard InChI is InChI=1S/C12H14O4.C3H4F2O2/c1-3-7-5-9(11(13)14)10(12(15)16)6-8(7)4-2;4-3(5)6-1-2-7-3/h5-6H,3-4H2,1-2H3,(H,13,14)(H,15,16);1-2H2. The largest absolute Gasteiger partial charge is 0.485 e. The van der Waals surface area contributed by atoms with E-state index in [-0.39, 0.29) is 24.3 Å². The molecule has 1 aromatic carbocycles. The minimum Gasteiger partial charge on any atom is -0.478 e. The summed E-state index contributed by atoms with van der Waals surface area (Å²) in [5.41, 5.74) is 1.51. The fourth-order valence-electron chi connectivity index (χ4n) is 2.06. The number of rotatable bonds is 4. The number of aryl methyl sites for hydroxylation is 2. The van der Waals surface area contributed by atoms with E-state index in [0.717, 1.165) is 11.1 Å². The zero-order chi connectivity index (χ0) is 17.6. The van der Waals surface area contributed by atoms with Crippen molar-refractivity contribution in [2.75, 3.05) is 13.2 Å². The third-order valence-corrected chi connectivity index (χ3v) is 3.19. The van der Waals surface area contributed by atoms with Crippen LogP contribution in [0.25, 0.3) is 0 Å². The molecule has 0 spiro atoms. The molecule has 23 heavy (non-hydrogen) atoms. The number of carbonyl (C=O) groups is 2. The van der Waals surface area contributed by atoms with Gasteiger partial charge in [-0.15, -0.1) is 8.78 Å². The summed E-state index contributed by atoms with van der Waals surface area (Å²) in [5, 5.41) is 17.9. The van der Waals surface area contributed by atoms with Crippen molar-refractivity contribution in [2.45, 2.75) is 33.0 Å². The molecule has 1 aliphatic heterocycles. The number of halogens is 2. The van der Waals surface area contributed by atoms with Gasteiger partial charge in [-0.25, -0.2) is 9.59 Å². The maximum atomic E-state index is 11.5. The second kappa shape index (κ2) is 7.98. The molecule has 1 aliphatic rings. The monoisotopic (exact) mass is 332 g/mol. The lowest BCUT2D eigenvalue weighted by molar-refractivity contribution is -0.339. The molecule has 2 N–H and O–H groups in total. The first-order chi connectivity index (χ1) is 10.7. The van der Waals surface area contributed by atoms with Gasteiger partial charge >= 0.3 is 18.2 Å². The maximum Gasteiger partial charge on any atom is 0.485 e. The molecule has 0 radical (unpaired) electrons. The van der Waals surface area contributed by atoms with Gasteiger partial charge in [-0.1, -0.05) is 13.8 Å². The molecule has 128 valence electrons. The van der Waals surface area contributed by atoms with Crippen LogP contribution in [0.2, 0.25) is 0 Å². The lowest BCUT2D eigenvalue weighted by atomic mass is 9.95. The highest BCUT2D eigenvalue weighted by Gasteiger charge is 2.36. The number of ether oxygens (including phenoxy) is 2. The highest BCUT2D eigenvalue weighted by atomic mass is 19.3. The van der Waals surface area contributed by atoms with Gasteiger partial charge in [-0.05, 0) is 36.1 Å². The molecule has 0 aliphatic carbocycles. The normalized spacial score (nSPS) is 15.7. The van der Waals surface area contributed by atoms with Crippen molar-refractivity contribution in [1.29, 1.82) is 0 Å². The maximum absolute atomic E-state index is 11.5. The molecule has 6 nitrogen and oxygen atoms in total. The molecule has 2 rings (SSSR count). The van der Waals surface area contributed by atoms with Crippen LogP contribution >= 0.6 is 0 Å². The molecule has 0 atom stereocenters. The van der Waals surface area contributed by atoms with Crippen molar-refractivity contribution in [3.05, 3.63) is 34.4 Å². The van der Waals surface area contributed by atoms with E-state index in [4.69, 9.17) is 10.2 Å². The number of aromatic carboxylic acids is 2. The fourth-order valence-corrected chi connectivity index (χ4v) is 2.06. The number of carboxylic acid groups (broad SMARTS) is 2. The molecule has 0 bridgehead atoms. The van der Waals surface area contributed by atoms with Gasteiger partial charge in [0.1, 0.15) is 0 Å². The summed E-state index contributed by atoms with van der Waals surface area (Å²) in [7, 11) is 0. The highest BCUT2D eigenvalue weighted by Crippen LogP contribution is 2.21. The van der Waals surface area contributed by atoms with Gasteiger partial charge in [0.25, 0.3) is 0 Å². The van der Waals surface area contributed by atoms with E-state index in [1.54, 1.807) is 0 Å². The van der Waals surface area contributed by atoms with E-state index in [1.807, 2.05) is 13.8 Å². The first kappa shape index (κ1) is 19.0. The molecule has 0 saturated carbocycles. The van der Waals surface area contributed by atoms with Crippen molar-refractivity contribution < 1.29 is 38.1 Å². The van der Waals surface area contributed by atoms with E-state index in [2.05, 4.69) is 9.47 Å². The summed E-state index contributed by atoms with van der Waals surface area (Å²) in [6.07, 6.45) is -1.91. The molecule has 1 aromatic rings. The summed E-state index contributed by atoms with van der Waals surface area (Å²) in [6, 6.07) is 2.93. The minimum atomic E-state index is -3.31. The lowest BCUT2D eigenvalue weighted by Gasteiger charge is -2.10. The Morgan fingerprint density at radius 1 is 1.00 bits per heavy atom. The van der Waals surface area contributed by atoms with Crippen LogP contribution in [0.1, 0.15) is 45.7 Å². The zero-order valence-corrected chi connectivity index (χ0v) is 12.8. The molecule has 1 fully saturated rings. The van der Waals surface area contributed by atoms with Crippen LogP contribution in [0.3, 0.4) is 0 Å². The predicted octanol–water partition coefficient (Wildman–Crippen LogP) is 2.79. The second-order valence-corrected chi connectivity index (χ2v) is 4.64. The van der Waals surface area contributed by atoms with E-state index < -0.39 is 18.2 Å². The Balaban J connectivity index is 0.000000313. The van der Waals surface area contributed by atoms with E-state index in [1.165, 1.54) is 12.1 Å². The third kappa shape index (κ3) is 5.26. The van der Waals surface area contributed by atoms with Crippen molar-refractivity contribution in [3.8, 4) is 0 Å². The number of benzene rings is 1. The van der Waals surface area contributed by atoms with Gasteiger partial charge in [0.15, 0.2) is 0 Å². The molecule has 0 aromatic heterocycles. The van der Waals surface area contributed by atoms with Crippen molar-refractivity contribution >= 4 is 11.9 Å². The van der Waals surface area contributed by atoms with E-state index >= 15 is 0 Å². The van der Waals surface area contributed by atoms with Gasteiger partial charge in [-0.3, -0.25) is 9.47 Å². The second-order valence-electron chi connectivity index (χ2n) is 4.64. The van der Waals surface area contributed by atoms with Crippen LogP contribution < -0.4 is 0 Å². The zero-order valence-electron chi connectivity index (χ0n) is 12.8. The van der Waals surface area contributed by atoms with Crippen LogP contribution in [-0.2, 0) is 22.3 Å². The molecular weight excluding hydrogens is 314 g/mol. The van der Waals surface area contributed by atoms with E-state index in [0.29, 0.717) is 12.8 Å². The Morgan fingerprint density at radius 2 is 1.35 bits per heavy atom. The van der Waals surface area contributed by atoms with Gasteiger partial charge < -0.3 is 10.2 Å². The minimum absolute atomic E-state index is 0.00694. The van der Waals surface area contributed by atoms with Gasteiger partial charge in [0, 0.05) is 0 Å². The number of alkyl halides is 2. The Labute approximate surface area is 131 Å². The molecule has 0 amide bonds. The smallest absolute Gasteiger partial charge is 0.478 e. The summed E-state index contributed by atoms with van der Waals surface area (Å²) in [5.74, 6) is -2.40. The third-order valence-electron chi connectivity index (χ3n) is 3.19. The predicted molar refractivity (Wildman–Crippen MR) is 76.0 cm³/mol. The summed E-state index contributed by atoms with van der Waals surface area (Å²) < 4.78 is 30.6.